The van der Waals surface area contributed by atoms with Gasteiger partial charge >= 0.3 is 0 Å². The Kier molecular flexibility index (Phi) is 6.86. The lowest BCUT2D eigenvalue weighted by molar-refractivity contribution is -0.132. The minimum absolute atomic E-state index is 0.140. The van der Waals surface area contributed by atoms with E-state index in [1.54, 1.807) is 4.90 Å². The van der Waals surface area contributed by atoms with Crippen LogP contribution in [0.2, 0.25) is 0 Å². The summed E-state index contributed by atoms with van der Waals surface area (Å²) in [6.45, 7) is 5.75. The van der Waals surface area contributed by atoms with Crippen LogP contribution >= 0.6 is 0 Å². The van der Waals surface area contributed by atoms with Crippen LogP contribution in [0, 0.1) is 5.92 Å². The molecule has 0 radical (unpaired) electrons. The van der Waals surface area contributed by atoms with E-state index in [0.717, 1.165) is 37.2 Å². The zero-order valence-electron chi connectivity index (χ0n) is 14.2. The van der Waals surface area contributed by atoms with Crippen LogP contribution in [0.4, 0.5) is 0 Å². The fourth-order valence-electron chi connectivity index (χ4n) is 2.86. The Morgan fingerprint density at radius 3 is 2.52 bits per heavy atom. The molecule has 1 aromatic rings. The van der Waals surface area contributed by atoms with Gasteiger partial charge in [-0.1, -0.05) is 12.1 Å². The molecule has 1 saturated heterocycles. The van der Waals surface area contributed by atoms with Crippen molar-refractivity contribution in [2.45, 2.75) is 26.3 Å². The van der Waals surface area contributed by atoms with Gasteiger partial charge in [0.2, 0.25) is 5.91 Å². The maximum absolute atomic E-state index is 12.3. The minimum atomic E-state index is 0.140. The van der Waals surface area contributed by atoms with Gasteiger partial charge in [-0.3, -0.25) is 9.69 Å². The summed E-state index contributed by atoms with van der Waals surface area (Å²) in [5.74, 6) is 1.40. The number of nitrogens with zero attached hydrogens (tertiary/aromatic N) is 2. The number of ether oxygens (including phenoxy) is 1. The van der Waals surface area contributed by atoms with Crippen molar-refractivity contribution < 1.29 is 14.6 Å². The molecule has 0 bridgehead atoms. The molecule has 1 heterocycles. The first-order valence-electron chi connectivity index (χ1n) is 8.41. The van der Waals surface area contributed by atoms with Crippen molar-refractivity contribution in [3.05, 3.63) is 29.8 Å². The van der Waals surface area contributed by atoms with E-state index in [1.807, 2.05) is 38.2 Å². The van der Waals surface area contributed by atoms with E-state index in [1.165, 1.54) is 0 Å². The maximum Gasteiger partial charge on any atom is 0.236 e. The van der Waals surface area contributed by atoms with Crippen molar-refractivity contribution in [1.29, 1.82) is 0 Å². The highest BCUT2D eigenvalue weighted by atomic mass is 16.5. The molecule has 0 spiro atoms. The average Bonchev–Trinajstić information content (AvgIpc) is 2.57. The van der Waals surface area contributed by atoms with Gasteiger partial charge < -0.3 is 14.7 Å². The molecule has 1 N–H and O–H groups in total. The van der Waals surface area contributed by atoms with Crippen molar-refractivity contribution >= 4 is 5.91 Å². The highest BCUT2D eigenvalue weighted by Gasteiger charge is 2.21. The summed E-state index contributed by atoms with van der Waals surface area (Å²) < 4.78 is 5.43. The summed E-state index contributed by atoms with van der Waals surface area (Å²) >= 11 is 0. The van der Waals surface area contributed by atoms with Crippen molar-refractivity contribution in [2.24, 2.45) is 5.92 Å². The number of aliphatic hydroxyl groups is 1. The molecular formula is C18H28N2O3. The number of piperidine rings is 1. The first-order chi connectivity index (χ1) is 11.1. The van der Waals surface area contributed by atoms with Crippen molar-refractivity contribution in [1.82, 2.24) is 9.80 Å². The number of carbonyl (C=O) groups excluding carboxylic acids is 1. The number of likely N-dealkylation sites (tertiary alicyclic amines) is 1. The standard InChI is InChI=1S/C18H28N2O3/c1-3-23-17-6-4-15(5-7-17)12-19(2)18(22)13-20-10-8-16(14-21)9-11-20/h4-7,16,21H,3,8-14H2,1-2H3. The zero-order chi connectivity index (χ0) is 16.7. The van der Waals surface area contributed by atoms with Crippen molar-refractivity contribution in [2.75, 3.05) is 39.9 Å². The van der Waals surface area contributed by atoms with E-state index in [-0.39, 0.29) is 12.5 Å². The summed E-state index contributed by atoms with van der Waals surface area (Å²) in [4.78, 5) is 16.3. The van der Waals surface area contributed by atoms with Gasteiger partial charge in [-0.15, -0.1) is 0 Å². The van der Waals surface area contributed by atoms with Crippen LogP contribution < -0.4 is 4.74 Å². The molecule has 0 aromatic heterocycles. The van der Waals surface area contributed by atoms with E-state index in [2.05, 4.69) is 4.90 Å². The van der Waals surface area contributed by atoms with Gasteiger partial charge in [-0.25, -0.2) is 0 Å². The predicted molar refractivity (Wildman–Crippen MR) is 90.3 cm³/mol. The number of amides is 1. The molecule has 5 heteroatoms. The third kappa shape index (κ3) is 5.52. The number of carbonyl (C=O) groups is 1. The van der Waals surface area contributed by atoms with Gasteiger partial charge in [-0.05, 0) is 56.5 Å². The normalized spacial score (nSPS) is 16.3. The molecule has 0 saturated carbocycles. The van der Waals surface area contributed by atoms with Crippen LogP contribution in [0.15, 0.2) is 24.3 Å². The van der Waals surface area contributed by atoms with Crippen molar-refractivity contribution in [3.63, 3.8) is 0 Å². The monoisotopic (exact) mass is 320 g/mol. The van der Waals surface area contributed by atoms with Crippen LogP contribution in [0.5, 0.6) is 5.75 Å². The SMILES string of the molecule is CCOc1ccc(CN(C)C(=O)CN2CCC(CO)CC2)cc1. The van der Waals surface area contributed by atoms with Crippen LogP contribution in [0.3, 0.4) is 0 Å². The van der Waals surface area contributed by atoms with Gasteiger partial charge in [0.05, 0.1) is 13.2 Å². The quantitative estimate of drug-likeness (QED) is 0.831. The number of aliphatic hydroxyl groups excluding tert-OH is 1. The second-order valence-corrected chi connectivity index (χ2v) is 6.23. The van der Waals surface area contributed by atoms with Crippen LogP contribution in [-0.4, -0.2) is 60.7 Å². The minimum Gasteiger partial charge on any atom is -0.494 e. The molecule has 1 aliphatic heterocycles. The Labute approximate surface area is 138 Å². The Bertz CT molecular complexity index is 482. The van der Waals surface area contributed by atoms with Crippen molar-refractivity contribution in [3.8, 4) is 5.75 Å². The first kappa shape index (κ1) is 17.8. The highest BCUT2D eigenvalue weighted by molar-refractivity contribution is 5.78. The second kappa shape index (κ2) is 8.89. The lowest BCUT2D eigenvalue weighted by Gasteiger charge is -2.31. The van der Waals surface area contributed by atoms with Gasteiger partial charge in [0.15, 0.2) is 0 Å². The maximum atomic E-state index is 12.3. The summed E-state index contributed by atoms with van der Waals surface area (Å²) in [5.41, 5.74) is 1.10. The lowest BCUT2D eigenvalue weighted by Crippen LogP contribution is -2.42. The third-order valence-corrected chi connectivity index (χ3v) is 4.40. The Morgan fingerprint density at radius 1 is 1.30 bits per heavy atom. The van der Waals surface area contributed by atoms with E-state index < -0.39 is 0 Å². The molecule has 1 aliphatic rings. The topological polar surface area (TPSA) is 53.0 Å². The Balaban J connectivity index is 1.78. The van der Waals surface area contributed by atoms with Crippen LogP contribution in [-0.2, 0) is 11.3 Å². The Morgan fingerprint density at radius 2 is 1.96 bits per heavy atom. The predicted octanol–water partition coefficient (Wildman–Crippen LogP) is 1.75. The second-order valence-electron chi connectivity index (χ2n) is 6.23. The summed E-state index contributed by atoms with van der Waals surface area (Å²) in [5, 5.41) is 9.16. The number of likely N-dealkylation sites (N-methyl/N-ethyl adjacent to an activating group) is 1. The van der Waals surface area contributed by atoms with Gasteiger partial charge in [0, 0.05) is 20.2 Å². The summed E-state index contributed by atoms with van der Waals surface area (Å²) in [6.07, 6.45) is 1.96. The largest absolute Gasteiger partial charge is 0.494 e. The number of rotatable bonds is 7. The fraction of sp³-hybridized carbons (Fsp3) is 0.611. The lowest BCUT2D eigenvalue weighted by atomic mass is 9.98. The Hall–Kier alpha value is -1.59. The van der Waals surface area contributed by atoms with E-state index >= 15 is 0 Å². The van der Waals surface area contributed by atoms with Crippen LogP contribution in [0.1, 0.15) is 25.3 Å². The van der Waals surface area contributed by atoms with E-state index in [0.29, 0.717) is 25.6 Å². The molecule has 5 nitrogen and oxygen atoms in total. The summed E-state index contributed by atoms with van der Waals surface area (Å²) in [7, 11) is 1.85. The molecule has 2 rings (SSSR count). The number of benzene rings is 1. The molecule has 23 heavy (non-hydrogen) atoms. The molecule has 1 amide bonds. The van der Waals surface area contributed by atoms with E-state index in [4.69, 9.17) is 9.84 Å². The number of hydrogen-bond donors (Lipinski definition) is 1. The molecule has 0 unspecified atom stereocenters. The first-order valence-corrected chi connectivity index (χ1v) is 8.41. The van der Waals surface area contributed by atoms with Gasteiger partial charge in [0.25, 0.3) is 0 Å². The average molecular weight is 320 g/mol. The van der Waals surface area contributed by atoms with Gasteiger partial charge in [-0.2, -0.15) is 0 Å². The highest BCUT2D eigenvalue weighted by Crippen LogP contribution is 2.17. The molecule has 1 fully saturated rings. The number of hydrogen-bond acceptors (Lipinski definition) is 4. The molecular weight excluding hydrogens is 292 g/mol. The smallest absolute Gasteiger partial charge is 0.236 e. The van der Waals surface area contributed by atoms with Gasteiger partial charge in [0.1, 0.15) is 5.75 Å². The third-order valence-electron chi connectivity index (χ3n) is 4.40. The van der Waals surface area contributed by atoms with E-state index in [9.17, 15) is 4.79 Å². The zero-order valence-corrected chi connectivity index (χ0v) is 14.2. The fourth-order valence-corrected chi connectivity index (χ4v) is 2.86. The molecule has 1 aromatic carbocycles. The van der Waals surface area contributed by atoms with Crippen LogP contribution in [0.25, 0.3) is 0 Å². The molecule has 0 atom stereocenters. The molecule has 128 valence electrons. The molecule has 0 aliphatic carbocycles. The summed E-state index contributed by atoms with van der Waals surface area (Å²) in [6, 6.07) is 7.89.